The lowest BCUT2D eigenvalue weighted by molar-refractivity contribution is 0.129. The molecule has 1 unspecified atom stereocenters. The number of terminal acetylenes is 1. The van der Waals surface area contributed by atoms with Crippen LogP contribution >= 0.6 is 0 Å². The lowest BCUT2D eigenvalue weighted by Gasteiger charge is -2.32. The molecule has 2 aromatic carbocycles. The number of hydrogen-bond donors (Lipinski definition) is 0. The Morgan fingerprint density at radius 2 is 1.67 bits per heavy atom. The molecule has 1 atom stereocenters. The normalized spacial score (nSPS) is 13.7. The van der Waals surface area contributed by atoms with Crippen molar-refractivity contribution >= 4 is 14.6 Å². The summed E-state index contributed by atoms with van der Waals surface area (Å²) in [6.45, 7) is 20.7. The molecule has 0 saturated heterocycles. The molecule has 0 aliphatic rings. The Morgan fingerprint density at radius 3 is 2.21 bits per heavy atom. The molecule has 0 bridgehead atoms. The summed E-state index contributed by atoms with van der Waals surface area (Å²) in [5, 5.41) is 0. The Kier molecular flexibility index (Phi) is 9.18. The van der Waals surface area contributed by atoms with Crippen LogP contribution in [0.3, 0.4) is 0 Å². The van der Waals surface area contributed by atoms with Gasteiger partial charge in [-0.1, -0.05) is 84.7 Å². The van der Waals surface area contributed by atoms with Gasteiger partial charge in [-0.15, -0.1) is 6.42 Å². The van der Waals surface area contributed by atoms with E-state index in [1.54, 1.807) is 0 Å². The van der Waals surface area contributed by atoms with Crippen molar-refractivity contribution in [2.75, 3.05) is 6.61 Å². The maximum Gasteiger partial charge on any atom is 0.171 e. The molecule has 0 amide bonds. The molecular weight excluding hydrogens is 420 g/mol. The van der Waals surface area contributed by atoms with Crippen LogP contribution in [0.1, 0.15) is 83.2 Å². The van der Waals surface area contributed by atoms with E-state index >= 15 is 0 Å². The van der Waals surface area contributed by atoms with Gasteiger partial charge in [0, 0.05) is 0 Å². The number of hydrogen-bond acceptors (Lipinski definition) is 2. The Bertz CT molecular complexity index is 997. The SMILES string of the molecule is C#CC=C(CC)c1cccc(OC(CO[SiH](C)C)c2ccc(C(C)(C)C)c(C(C)(C)C)c2)c1. The Labute approximate surface area is 204 Å². The molecule has 0 saturated carbocycles. The number of rotatable bonds is 8. The highest BCUT2D eigenvalue weighted by Crippen LogP contribution is 2.36. The van der Waals surface area contributed by atoms with Gasteiger partial charge in [-0.25, -0.2) is 0 Å². The van der Waals surface area contributed by atoms with Gasteiger partial charge in [-0.3, -0.25) is 0 Å². The fraction of sp³-hybridized carbons (Fsp3) is 0.467. The second kappa shape index (κ2) is 11.2. The molecule has 0 aliphatic carbocycles. The summed E-state index contributed by atoms with van der Waals surface area (Å²) < 4.78 is 12.7. The summed E-state index contributed by atoms with van der Waals surface area (Å²) in [5.41, 5.74) is 6.24. The van der Waals surface area contributed by atoms with Crippen LogP contribution in [-0.4, -0.2) is 15.6 Å². The average Bonchev–Trinajstić information content (AvgIpc) is 2.73. The average molecular weight is 463 g/mol. The van der Waals surface area contributed by atoms with Crippen LogP contribution < -0.4 is 4.74 Å². The third-order valence-corrected chi connectivity index (χ3v) is 6.59. The van der Waals surface area contributed by atoms with Crippen molar-refractivity contribution in [1.82, 2.24) is 0 Å². The van der Waals surface area contributed by atoms with Crippen molar-refractivity contribution in [3.63, 3.8) is 0 Å². The largest absolute Gasteiger partial charge is 0.483 e. The summed E-state index contributed by atoms with van der Waals surface area (Å²) in [7, 11) is -1.19. The molecule has 0 radical (unpaired) electrons. The van der Waals surface area contributed by atoms with Crippen molar-refractivity contribution in [2.45, 2.75) is 84.9 Å². The van der Waals surface area contributed by atoms with E-state index < -0.39 is 9.04 Å². The van der Waals surface area contributed by atoms with Gasteiger partial charge in [0.05, 0.1) is 6.61 Å². The first kappa shape index (κ1) is 27.0. The van der Waals surface area contributed by atoms with Crippen molar-refractivity contribution in [3.8, 4) is 18.1 Å². The van der Waals surface area contributed by atoms with Gasteiger partial charge >= 0.3 is 0 Å². The minimum atomic E-state index is -1.19. The zero-order valence-electron chi connectivity index (χ0n) is 22.1. The molecule has 33 heavy (non-hydrogen) atoms. The Balaban J connectivity index is 2.50. The first-order chi connectivity index (χ1) is 15.4. The summed E-state index contributed by atoms with van der Waals surface area (Å²) in [6.07, 6.45) is 8.07. The number of allylic oxidation sites excluding steroid dienone is 2. The molecule has 0 N–H and O–H groups in total. The molecule has 0 aliphatic heterocycles. The van der Waals surface area contributed by atoms with E-state index in [0.29, 0.717) is 6.61 Å². The molecular formula is C30H42O2Si. The molecule has 2 rings (SSSR count). The maximum absolute atomic E-state index is 6.58. The predicted octanol–water partition coefficient (Wildman–Crippen LogP) is 7.83. The van der Waals surface area contributed by atoms with Crippen LogP contribution in [0.15, 0.2) is 48.5 Å². The first-order valence-corrected chi connectivity index (χ1v) is 14.8. The second-order valence-electron chi connectivity index (χ2n) is 11.0. The molecule has 0 spiro atoms. The summed E-state index contributed by atoms with van der Waals surface area (Å²) in [5.74, 6) is 3.49. The van der Waals surface area contributed by atoms with Crippen LogP contribution in [0.5, 0.6) is 5.75 Å². The highest BCUT2D eigenvalue weighted by molar-refractivity contribution is 6.48. The number of ether oxygens (including phenoxy) is 1. The van der Waals surface area contributed by atoms with Crippen LogP contribution in [0.25, 0.3) is 5.57 Å². The molecule has 0 fully saturated rings. The van der Waals surface area contributed by atoms with E-state index in [9.17, 15) is 0 Å². The van der Waals surface area contributed by atoms with Crippen molar-refractivity contribution in [1.29, 1.82) is 0 Å². The molecule has 0 heterocycles. The molecule has 2 aromatic rings. The van der Waals surface area contributed by atoms with E-state index in [-0.39, 0.29) is 16.9 Å². The smallest absolute Gasteiger partial charge is 0.171 e. The third-order valence-electron chi connectivity index (χ3n) is 5.73. The zero-order chi connectivity index (χ0) is 24.8. The summed E-state index contributed by atoms with van der Waals surface area (Å²) in [6, 6.07) is 15.0. The van der Waals surface area contributed by atoms with Gasteiger partial charge in [-0.05, 0) is 76.4 Å². The van der Waals surface area contributed by atoms with Gasteiger partial charge in [0.1, 0.15) is 11.9 Å². The predicted molar refractivity (Wildman–Crippen MR) is 146 cm³/mol. The van der Waals surface area contributed by atoms with Crippen molar-refractivity contribution in [3.05, 3.63) is 70.8 Å². The van der Waals surface area contributed by atoms with E-state index in [2.05, 4.69) is 97.8 Å². The van der Waals surface area contributed by atoms with Crippen molar-refractivity contribution in [2.24, 2.45) is 0 Å². The lowest BCUT2D eigenvalue weighted by atomic mass is 9.74. The van der Waals surface area contributed by atoms with Gasteiger partial charge in [-0.2, -0.15) is 0 Å². The minimum absolute atomic E-state index is 0.0345. The maximum atomic E-state index is 6.58. The van der Waals surface area contributed by atoms with E-state index in [4.69, 9.17) is 15.6 Å². The van der Waals surface area contributed by atoms with Gasteiger partial charge in [0.25, 0.3) is 0 Å². The summed E-state index contributed by atoms with van der Waals surface area (Å²) in [4.78, 5) is 0. The molecule has 0 aromatic heterocycles. The first-order valence-electron chi connectivity index (χ1n) is 12.1. The fourth-order valence-electron chi connectivity index (χ4n) is 3.94. The minimum Gasteiger partial charge on any atom is -0.483 e. The van der Waals surface area contributed by atoms with E-state index in [0.717, 1.165) is 28.9 Å². The fourth-order valence-corrected chi connectivity index (χ4v) is 4.50. The van der Waals surface area contributed by atoms with Crippen LogP contribution in [0.4, 0.5) is 0 Å². The van der Waals surface area contributed by atoms with Crippen molar-refractivity contribution < 1.29 is 9.16 Å². The monoisotopic (exact) mass is 462 g/mol. The highest BCUT2D eigenvalue weighted by Gasteiger charge is 2.27. The highest BCUT2D eigenvalue weighted by atomic mass is 28.3. The van der Waals surface area contributed by atoms with Gasteiger partial charge < -0.3 is 9.16 Å². The number of benzene rings is 2. The quantitative estimate of drug-likeness (QED) is 0.294. The Morgan fingerprint density at radius 1 is 1.00 bits per heavy atom. The molecule has 178 valence electrons. The molecule has 3 heteroatoms. The lowest BCUT2D eigenvalue weighted by Crippen LogP contribution is -2.24. The van der Waals surface area contributed by atoms with Crippen LogP contribution in [0.2, 0.25) is 13.1 Å². The third kappa shape index (κ3) is 7.63. The summed E-state index contributed by atoms with van der Waals surface area (Å²) >= 11 is 0. The Hall–Kier alpha value is -2.28. The van der Waals surface area contributed by atoms with E-state index in [1.807, 2.05) is 18.2 Å². The second-order valence-corrected chi connectivity index (χ2v) is 13.4. The van der Waals surface area contributed by atoms with Gasteiger partial charge in [0.15, 0.2) is 9.04 Å². The van der Waals surface area contributed by atoms with Gasteiger partial charge in [0.2, 0.25) is 0 Å². The molecule has 2 nitrogen and oxygen atoms in total. The van der Waals surface area contributed by atoms with E-state index in [1.165, 1.54) is 11.1 Å². The zero-order valence-corrected chi connectivity index (χ0v) is 23.2. The topological polar surface area (TPSA) is 18.5 Å². The van der Waals surface area contributed by atoms with Crippen LogP contribution in [0, 0.1) is 12.3 Å². The standard InChI is InChI=1S/C30H42O2Si/c1-11-14-22(12-2)23-15-13-16-25(19-23)32-28(21-31-33(9)10)24-17-18-26(29(3,4)5)27(20-24)30(6,7)8/h1,13-20,28,33H,12,21H2,2-10H3. The van der Waals surface area contributed by atoms with Crippen LogP contribution in [-0.2, 0) is 15.3 Å².